The van der Waals surface area contributed by atoms with E-state index in [1.165, 1.54) is 77.0 Å². The second kappa shape index (κ2) is 15.0. The molecule has 0 saturated heterocycles. The van der Waals surface area contributed by atoms with Crippen LogP contribution in [0.1, 0.15) is 130 Å². The van der Waals surface area contributed by atoms with Gasteiger partial charge in [-0.3, -0.25) is 0 Å². The lowest BCUT2D eigenvalue weighted by molar-refractivity contribution is 0.0267. The average molecular weight is 451 g/mol. The van der Waals surface area contributed by atoms with Crippen molar-refractivity contribution in [1.29, 1.82) is 0 Å². The summed E-state index contributed by atoms with van der Waals surface area (Å²) in [6, 6.07) is 0. The van der Waals surface area contributed by atoms with Crippen molar-refractivity contribution in [3.63, 3.8) is 0 Å². The van der Waals surface area contributed by atoms with Gasteiger partial charge in [-0.25, -0.2) is 0 Å². The fourth-order valence-corrected chi connectivity index (χ4v) is 7.16. The molecule has 0 amide bonds. The Balaban J connectivity index is 2.13. The Bertz CT molecular complexity index is 444. The molecule has 0 aromatic heterocycles. The molecule has 190 valence electrons. The summed E-state index contributed by atoms with van der Waals surface area (Å²) < 4.78 is 0. The molecule has 3 atom stereocenters. The third kappa shape index (κ3) is 9.26. The predicted octanol–water partition coefficient (Wildman–Crippen LogP) is 7.25. The summed E-state index contributed by atoms with van der Waals surface area (Å²) in [5.74, 6) is 5.31. The van der Waals surface area contributed by atoms with Crippen molar-refractivity contribution in [2.45, 2.75) is 143 Å². The molecular weight excluding hydrogens is 392 g/mol. The van der Waals surface area contributed by atoms with E-state index < -0.39 is 0 Å². The van der Waals surface area contributed by atoms with Crippen LogP contribution in [0.15, 0.2) is 0 Å². The number of nitrogens with two attached hydrogens (primary N) is 2. The van der Waals surface area contributed by atoms with E-state index in [0.29, 0.717) is 5.92 Å². The van der Waals surface area contributed by atoms with Crippen LogP contribution in [0.25, 0.3) is 0 Å². The number of unbranched alkanes of at least 4 members (excludes halogenated alkanes) is 2. The van der Waals surface area contributed by atoms with Crippen LogP contribution in [0.4, 0.5) is 0 Å². The van der Waals surface area contributed by atoms with E-state index in [1.807, 2.05) is 0 Å². The molecule has 0 aromatic carbocycles. The highest BCUT2D eigenvalue weighted by atomic mass is 16.3. The molecule has 5 N–H and O–H groups in total. The first-order valence-corrected chi connectivity index (χ1v) is 14.5. The van der Waals surface area contributed by atoms with Gasteiger partial charge in [-0.05, 0) is 86.4 Å². The van der Waals surface area contributed by atoms with Crippen molar-refractivity contribution < 1.29 is 5.11 Å². The normalized spacial score (nSPS) is 30.8. The van der Waals surface area contributed by atoms with Crippen LogP contribution in [0.5, 0.6) is 0 Å². The van der Waals surface area contributed by atoms with Crippen LogP contribution in [0.2, 0.25) is 0 Å². The molecule has 0 radical (unpaired) electrons. The van der Waals surface area contributed by atoms with Crippen molar-refractivity contribution in [2.75, 3.05) is 0 Å². The third-order valence-corrected chi connectivity index (χ3v) is 9.30. The van der Waals surface area contributed by atoms with Gasteiger partial charge in [0.1, 0.15) is 0 Å². The van der Waals surface area contributed by atoms with E-state index in [4.69, 9.17) is 11.5 Å². The molecule has 3 heteroatoms. The number of aliphatic hydroxyl groups excluding tert-OH is 1. The largest absolute Gasteiger partial charge is 0.393 e. The molecule has 2 rings (SSSR count). The summed E-state index contributed by atoms with van der Waals surface area (Å²) in [6.45, 7) is 9.43. The number of hydrogen-bond donors (Lipinski definition) is 3. The Hall–Kier alpha value is -0.120. The van der Waals surface area contributed by atoms with Gasteiger partial charge in [-0.1, -0.05) is 85.5 Å². The van der Waals surface area contributed by atoms with Crippen LogP contribution in [-0.4, -0.2) is 17.4 Å². The minimum atomic E-state index is -0.305. The van der Waals surface area contributed by atoms with Crippen molar-refractivity contribution in [3.05, 3.63) is 0 Å². The topological polar surface area (TPSA) is 72.3 Å². The lowest BCUT2D eigenvalue weighted by Gasteiger charge is -2.45. The van der Waals surface area contributed by atoms with Crippen molar-refractivity contribution in [1.82, 2.24) is 0 Å². The zero-order chi connectivity index (χ0) is 23.5. The monoisotopic (exact) mass is 450 g/mol. The Morgan fingerprint density at radius 2 is 1.09 bits per heavy atom. The zero-order valence-electron chi connectivity index (χ0n) is 22.1. The van der Waals surface area contributed by atoms with Gasteiger partial charge >= 0.3 is 0 Å². The highest BCUT2D eigenvalue weighted by Gasteiger charge is 2.39. The Morgan fingerprint density at radius 1 is 0.688 bits per heavy atom. The van der Waals surface area contributed by atoms with Crippen LogP contribution >= 0.6 is 0 Å². The molecule has 32 heavy (non-hydrogen) atoms. The summed E-state index contributed by atoms with van der Waals surface area (Å²) in [4.78, 5) is 0. The summed E-state index contributed by atoms with van der Waals surface area (Å²) >= 11 is 0. The van der Waals surface area contributed by atoms with Gasteiger partial charge in [0.15, 0.2) is 0 Å². The van der Waals surface area contributed by atoms with Gasteiger partial charge in [-0.15, -0.1) is 0 Å². The molecule has 0 bridgehead atoms. The van der Waals surface area contributed by atoms with Crippen LogP contribution in [0, 0.1) is 41.4 Å². The van der Waals surface area contributed by atoms with E-state index in [1.54, 1.807) is 0 Å². The van der Waals surface area contributed by atoms with Crippen molar-refractivity contribution in [3.8, 4) is 0 Å². The SMILES string of the molecule is CCCCC(CC(O)CC(CCCC)C(C1CCC(C)CC1)C1CCC(C)CC1)C(N)N. The lowest BCUT2D eigenvalue weighted by Crippen LogP contribution is -2.41. The molecule has 0 spiro atoms. The maximum atomic E-state index is 11.3. The molecule has 3 unspecified atom stereocenters. The highest BCUT2D eigenvalue weighted by molar-refractivity contribution is 4.89. The standard InChI is InChI=1S/C29H58N2O/c1-5-7-9-25(19-27(32)20-26(29(30)31)10-8-6-2)28(23-15-11-21(3)12-16-23)24-17-13-22(4)14-18-24/h21-29,32H,5-20,30-31H2,1-4H3. The van der Waals surface area contributed by atoms with Crippen LogP contribution < -0.4 is 11.5 Å². The zero-order valence-corrected chi connectivity index (χ0v) is 22.1. The molecule has 2 aliphatic carbocycles. The minimum absolute atomic E-state index is 0.249. The molecule has 2 fully saturated rings. The summed E-state index contributed by atoms with van der Waals surface area (Å²) in [6.07, 6.45) is 19.8. The molecule has 3 nitrogen and oxygen atoms in total. The van der Waals surface area contributed by atoms with Gasteiger partial charge < -0.3 is 16.6 Å². The van der Waals surface area contributed by atoms with E-state index in [9.17, 15) is 5.11 Å². The van der Waals surface area contributed by atoms with Gasteiger partial charge in [0.25, 0.3) is 0 Å². The van der Waals surface area contributed by atoms with Gasteiger partial charge in [0, 0.05) is 0 Å². The Morgan fingerprint density at radius 3 is 1.50 bits per heavy atom. The lowest BCUT2D eigenvalue weighted by atomic mass is 9.61. The second-order valence-corrected chi connectivity index (χ2v) is 12.1. The quantitative estimate of drug-likeness (QED) is 0.244. The van der Waals surface area contributed by atoms with E-state index >= 15 is 0 Å². The van der Waals surface area contributed by atoms with Crippen LogP contribution in [-0.2, 0) is 0 Å². The number of aliphatic hydroxyl groups is 1. The molecule has 0 aliphatic heterocycles. The Labute approximate surface area is 200 Å². The fraction of sp³-hybridized carbons (Fsp3) is 1.00. The highest BCUT2D eigenvalue weighted by Crippen LogP contribution is 2.48. The molecule has 2 saturated carbocycles. The number of rotatable bonds is 14. The number of hydrogen-bond acceptors (Lipinski definition) is 3. The second-order valence-electron chi connectivity index (χ2n) is 12.1. The first-order chi connectivity index (χ1) is 15.3. The first-order valence-electron chi connectivity index (χ1n) is 14.5. The summed E-state index contributed by atoms with van der Waals surface area (Å²) in [5, 5.41) is 11.3. The van der Waals surface area contributed by atoms with E-state index in [2.05, 4.69) is 27.7 Å². The van der Waals surface area contributed by atoms with E-state index in [0.717, 1.165) is 55.3 Å². The van der Waals surface area contributed by atoms with Crippen molar-refractivity contribution in [2.24, 2.45) is 52.9 Å². The van der Waals surface area contributed by atoms with Crippen LogP contribution in [0.3, 0.4) is 0 Å². The van der Waals surface area contributed by atoms with Crippen molar-refractivity contribution >= 4 is 0 Å². The summed E-state index contributed by atoms with van der Waals surface area (Å²) in [5.41, 5.74) is 12.2. The molecule has 0 heterocycles. The van der Waals surface area contributed by atoms with Gasteiger partial charge in [0.05, 0.1) is 12.3 Å². The summed E-state index contributed by atoms with van der Waals surface area (Å²) in [7, 11) is 0. The smallest absolute Gasteiger partial charge is 0.0550 e. The van der Waals surface area contributed by atoms with Gasteiger partial charge in [-0.2, -0.15) is 0 Å². The van der Waals surface area contributed by atoms with Gasteiger partial charge in [0.2, 0.25) is 0 Å². The first kappa shape index (κ1) is 28.1. The fourth-order valence-electron chi connectivity index (χ4n) is 7.16. The molecule has 2 aliphatic rings. The van der Waals surface area contributed by atoms with E-state index in [-0.39, 0.29) is 18.2 Å². The Kier molecular flexibility index (Phi) is 13.2. The minimum Gasteiger partial charge on any atom is -0.393 e. The molecule has 0 aromatic rings. The predicted molar refractivity (Wildman–Crippen MR) is 139 cm³/mol. The third-order valence-electron chi connectivity index (χ3n) is 9.30. The molecular formula is C29H58N2O. The average Bonchev–Trinajstić information content (AvgIpc) is 2.77. The maximum Gasteiger partial charge on any atom is 0.0550 e. The maximum absolute atomic E-state index is 11.3.